The van der Waals surface area contributed by atoms with Gasteiger partial charge in [-0.1, -0.05) is 37.1 Å². The Hall–Kier alpha value is -0.180. The number of halogens is 1. The molecule has 1 nitrogen and oxygen atoms in total. The molecule has 0 heterocycles. The molecule has 1 aliphatic rings. The van der Waals surface area contributed by atoms with Crippen LogP contribution in [-0.2, 0) is 0 Å². The maximum absolute atomic E-state index is 5.95. The van der Waals surface area contributed by atoms with Crippen molar-refractivity contribution in [1.82, 2.24) is 5.32 Å². The lowest BCUT2D eigenvalue weighted by Crippen LogP contribution is -2.29. The largest absolute Gasteiger partial charge is 0.309 e. The molecule has 0 amide bonds. The van der Waals surface area contributed by atoms with Crippen LogP contribution in [0.3, 0.4) is 0 Å². The maximum Gasteiger partial charge on any atom is 0.0406 e. The van der Waals surface area contributed by atoms with Gasteiger partial charge in [-0.3, -0.25) is 0 Å². The van der Waals surface area contributed by atoms with Crippen LogP contribution in [0, 0.1) is 0 Å². The third kappa shape index (κ3) is 3.66. The first kappa shape index (κ1) is 14.2. The van der Waals surface area contributed by atoms with E-state index < -0.39 is 0 Å². The van der Waals surface area contributed by atoms with E-state index in [2.05, 4.69) is 30.6 Å². The first-order valence-electron chi connectivity index (χ1n) is 6.73. The Kier molecular flexibility index (Phi) is 4.99. The molecule has 1 saturated carbocycles. The van der Waals surface area contributed by atoms with Crippen molar-refractivity contribution in [2.75, 3.05) is 12.8 Å². The Morgan fingerprint density at radius 3 is 2.50 bits per heavy atom. The van der Waals surface area contributed by atoms with Gasteiger partial charge < -0.3 is 5.32 Å². The van der Waals surface area contributed by atoms with Crippen LogP contribution in [0.1, 0.15) is 44.2 Å². The van der Waals surface area contributed by atoms with Crippen LogP contribution in [0.5, 0.6) is 0 Å². The quantitative estimate of drug-likeness (QED) is 0.781. The highest BCUT2D eigenvalue weighted by molar-refractivity contribution is 8.00. The molecule has 1 atom stereocenters. The lowest BCUT2D eigenvalue weighted by Gasteiger charge is -2.22. The fourth-order valence-corrected chi connectivity index (χ4v) is 3.14. The molecule has 1 unspecified atom stereocenters. The minimum absolute atomic E-state index is 0.469. The molecule has 3 heteroatoms. The number of hydrogen-bond acceptors (Lipinski definition) is 2. The molecule has 0 aromatic heterocycles. The van der Waals surface area contributed by atoms with Gasteiger partial charge in [-0.15, -0.1) is 0 Å². The Labute approximate surface area is 120 Å². The monoisotopic (exact) mass is 283 g/mol. The van der Waals surface area contributed by atoms with Gasteiger partial charge in [-0.2, -0.15) is 11.8 Å². The molecular formula is C15H22ClNS. The van der Waals surface area contributed by atoms with E-state index in [0.717, 1.165) is 11.6 Å². The van der Waals surface area contributed by atoms with Gasteiger partial charge in [0.05, 0.1) is 0 Å². The molecule has 1 fully saturated rings. The third-order valence-electron chi connectivity index (χ3n) is 3.76. The van der Waals surface area contributed by atoms with Crippen molar-refractivity contribution in [3.63, 3.8) is 0 Å². The second-order valence-electron chi connectivity index (χ2n) is 5.16. The zero-order valence-electron chi connectivity index (χ0n) is 11.2. The molecule has 1 aliphatic carbocycles. The molecule has 100 valence electrons. The van der Waals surface area contributed by atoms with Gasteiger partial charge in [0.1, 0.15) is 0 Å². The molecule has 1 aromatic carbocycles. The smallest absolute Gasteiger partial charge is 0.0406 e. The predicted octanol–water partition coefficient (Wildman–Crippen LogP) is 4.67. The summed E-state index contributed by atoms with van der Waals surface area (Å²) in [6.07, 6.45) is 7.34. The second-order valence-corrected chi connectivity index (χ2v) is 6.87. The van der Waals surface area contributed by atoms with E-state index in [4.69, 9.17) is 11.6 Å². The van der Waals surface area contributed by atoms with Gasteiger partial charge in [0, 0.05) is 22.4 Å². The van der Waals surface area contributed by atoms with Crippen LogP contribution in [0.4, 0.5) is 0 Å². The highest BCUT2D eigenvalue weighted by Gasteiger charge is 2.41. The van der Waals surface area contributed by atoms with Crippen LogP contribution >= 0.6 is 23.4 Å². The summed E-state index contributed by atoms with van der Waals surface area (Å²) in [7, 11) is 0. The fraction of sp³-hybridized carbons (Fsp3) is 0.600. The summed E-state index contributed by atoms with van der Waals surface area (Å²) >= 11 is 7.96. The molecule has 0 bridgehead atoms. The zero-order chi connectivity index (χ0) is 13.0. The van der Waals surface area contributed by atoms with E-state index in [-0.39, 0.29) is 0 Å². The van der Waals surface area contributed by atoms with Crippen LogP contribution < -0.4 is 5.32 Å². The van der Waals surface area contributed by atoms with Crippen molar-refractivity contribution in [3.05, 3.63) is 34.9 Å². The van der Waals surface area contributed by atoms with Crippen molar-refractivity contribution in [3.8, 4) is 0 Å². The second kappa shape index (κ2) is 6.31. The fourth-order valence-electron chi connectivity index (χ4n) is 2.27. The predicted molar refractivity (Wildman–Crippen MR) is 82.6 cm³/mol. The van der Waals surface area contributed by atoms with E-state index in [9.17, 15) is 0 Å². The normalized spacial score (nSPS) is 18.6. The van der Waals surface area contributed by atoms with Gasteiger partial charge in [-0.05, 0) is 43.2 Å². The van der Waals surface area contributed by atoms with Crippen LogP contribution in [0.25, 0.3) is 0 Å². The SMILES string of the molecule is CCCC(NCC1(SC)CC1)c1ccc(Cl)cc1. The molecule has 0 aliphatic heterocycles. The minimum Gasteiger partial charge on any atom is -0.309 e. The van der Waals surface area contributed by atoms with Crippen LogP contribution in [0.2, 0.25) is 5.02 Å². The van der Waals surface area contributed by atoms with Crippen molar-refractivity contribution in [1.29, 1.82) is 0 Å². The molecule has 2 rings (SSSR count). The van der Waals surface area contributed by atoms with Gasteiger partial charge in [0.15, 0.2) is 0 Å². The average Bonchev–Trinajstić information content (AvgIpc) is 3.16. The molecule has 1 N–H and O–H groups in total. The number of hydrogen-bond donors (Lipinski definition) is 1. The van der Waals surface area contributed by atoms with Crippen molar-refractivity contribution in [2.24, 2.45) is 0 Å². The summed E-state index contributed by atoms with van der Waals surface area (Å²) in [6.45, 7) is 3.37. The number of benzene rings is 1. The lowest BCUT2D eigenvalue weighted by atomic mass is 10.0. The summed E-state index contributed by atoms with van der Waals surface area (Å²) in [6, 6.07) is 8.74. The Morgan fingerprint density at radius 1 is 1.33 bits per heavy atom. The summed E-state index contributed by atoms with van der Waals surface area (Å²) in [5, 5.41) is 4.56. The molecule has 0 spiro atoms. The summed E-state index contributed by atoms with van der Waals surface area (Å²) in [5.74, 6) is 0. The third-order valence-corrected chi connectivity index (χ3v) is 5.43. The van der Waals surface area contributed by atoms with Crippen LogP contribution in [0.15, 0.2) is 24.3 Å². The standard InChI is InChI=1S/C15H22ClNS/c1-3-4-14(12-5-7-13(16)8-6-12)17-11-15(18-2)9-10-15/h5-8,14,17H,3-4,9-11H2,1-2H3. The molecule has 1 aromatic rings. The van der Waals surface area contributed by atoms with Gasteiger partial charge in [0.2, 0.25) is 0 Å². The highest BCUT2D eigenvalue weighted by Crippen LogP contribution is 2.46. The molecule has 0 radical (unpaired) electrons. The minimum atomic E-state index is 0.469. The van der Waals surface area contributed by atoms with Crippen molar-refractivity contribution in [2.45, 2.75) is 43.4 Å². The number of thioether (sulfide) groups is 1. The van der Waals surface area contributed by atoms with Gasteiger partial charge in [0.25, 0.3) is 0 Å². The number of nitrogens with one attached hydrogen (secondary N) is 1. The average molecular weight is 284 g/mol. The van der Waals surface area contributed by atoms with E-state index in [1.165, 1.54) is 31.2 Å². The topological polar surface area (TPSA) is 12.0 Å². The first-order chi connectivity index (χ1) is 8.69. The van der Waals surface area contributed by atoms with E-state index in [1.807, 2.05) is 23.9 Å². The van der Waals surface area contributed by atoms with E-state index >= 15 is 0 Å². The van der Waals surface area contributed by atoms with Crippen LogP contribution in [-0.4, -0.2) is 17.5 Å². The zero-order valence-corrected chi connectivity index (χ0v) is 12.8. The van der Waals surface area contributed by atoms with E-state index in [0.29, 0.717) is 10.8 Å². The highest BCUT2D eigenvalue weighted by atomic mass is 35.5. The number of rotatable bonds is 7. The van der Waals surface area contributed by atoms with Crippen molar-refractivity contribution < 1.29 is 0 Å². The molecular weight excluding hydrogens is 262 g/mol. The molecule has 0 saturated heterocycles. The summed E-state index contributed by atoms with van der Waals surface area (Å²) in [4.78, 5) is 0. The Balaban J connectivity index is 1.97. The van der Waals surface area contributed by atoms with Crippen molar-refractivity contribution >= 4 is 23.4 Å². The van der Waals surface area contributed by atoms with E-state index in [1.54, 1.807) is 0 Å². The summed E-state index contributed by atoms with van der Waals surface area (Å²) in [5.41, 5.74) is 1.36. The summed E-state index contributed by atoms with van der Waals surface area (Å²) < 4.78 is 0.526. The van der Waals surface area contributed by atoms with Gasteiger partial charge >= 0.3 is 0 Å². The van der Waals surface area contributed by atoms with Gasteiger partial charge in [-0.25, -0.2) is 0 Å². The lowest BCUT2D eigenvalue weighted by molar-refractivity contribution is 0.490. The first-order valence-corrected chi connectivity index (χ1v) is 8.33. The Bertz CT molecular complexity index is 373. The maximum atomic E-state index is 5.95. The molecule has 18 heavy (non-hydrogen) atoms. The Morgan fingerprint density at radius 2 is 2.00 bits per heavy atom.